The number of hydrogen-bond donors (Lipinski definition) is 2. The Morgan fingerprint density at radius 3 is 2.45 bits per heavy atom. The highest BCUT2D eigenvalue weighted by atomic mass is 79.9. The maximum Gasteiger partial charge on any atom is 0.0554 e. The summed E-state index contributed by atoms with van der Waals surface area (Å²) in [6.45, 7) is 4.23. The maximum atomic E-state index is 5.73. The molecule has 2 rings (SSSR count). The summed E-state index contributed by atoms with van der Waals surface area (Å²) in [7, 11) is 0. The lowest BCUT2D eigenvalue weighted by Crippen LogP contribution is -2.29. The summed E-state index contributed by atoms with van der Waals surface area (Å²) in [6, 6.07) is 15.0. The second-order valence-electron chi connectivity index (χ2n) is 4.91. The Morgan fingerprint density at radius 1 is 1.15 bits per heavy atom. The fourth-order valence-electron chi connectivity index (χ4n) is 2.19. The number of benzene rings is 2. The maximum absolute atomic E-state index is 5.73. The van der Waals surface area contributed by atoms with Crippen molar-refractivity contribution in [2.24, 2.45) is 5.84 Å². The Bertz CT molecular complexity index is 566. The third-order valence-corrected chi connectivity index (χ3v) is 4.64. The van der Waals surface area contributed by atoms with Crippen LogP contribution in [0.2, 0.25) is 0 Å². The average molecular weight is 351 g/mol. The van der Waals surface area contributed by atoms with E-state index in [0.29, 0.717) is 0 Å². The Kier molecular flexibility index (Phi) is 5.66. The summed E-state index contributed by atoms with van der Waals surface area (Å²) < 4.78 is 1.10. The molecule has 0 spiro atoms. The fourth-order valence-corrected chi connectivity index (χ4v) is 3.77. The van der Waals surface area contributed by atoms with Crippen molar-refractivity contribution in [2.75, 3.05) is 5.75 Å². The van der Waals surface area contributed by atoms with Gasteiger partial charge in [-0.15, -0.1) is 11.8 Å². The van der Waals surface area contributed by atoms with Gasteiger partial charge in [-0.2, -0.15) is 0 Å². The molecule has 106 valence electrons. The highest BCUT2D eigenvalue weighted by Crippen LogP contribution is 2.27. The van der Waals surface area contributed by atoms with Gasteiger partial charge in [0, 0.05) is 15.1 Å². The number of nitrogens with one attached hydrogen (secondary N) is 1. The predicted octanol–water partition coefficient (Wildman–Crippen LogP) is 4.36. The largest absolute Gasteiger partial charge is 0.271 e. The Morgan fingerprint density at radius 2 is 1.85 bits per heavy atom. The SMILES string of the molecule is Cc1cc(C)cc(C(CSc2cccc(Br)c2)NN)c1. The second kappa shape index (κ2) is 7.27. The monoisotopic (exact) mass is 350 g/mol. The third kappa shape index (κ3) is 4.35. The first-order valence-corrected chi connectivity index (χ1v) is 8.29. The van der Waals surface area contributed by atoms with Crippen LogP contribution in [0.1, 0.15) is 22.7 Å². The van der Waals surface area contributed by atoms with Gasteiger partial charge in [-0.05, 0) is 37.6 Å². The number of thioether (sulfide) groups is 1. The summed E-state index contributed by atoms with van der Waals surface area (Å²) in [5, 5.41) is 0. The Balaban J connectivity index is 2.09. The van der Waals surface area contributed by atoms with E-state index in [1.165, 1.54) is 21.6 Å². The Hall–Kier alpha value is -0.810. The third-order valence-electron chi connectivity index (χ3n) is 3.06. The van der Waals surface area contributed by atoms with E-state index in [1.54, 1.807) is 11.8 Å². The van der Waals surface area contributed by atoms with E-state index in [-0.39, 0.29) is 6.04 Å². The van der Waals surface area contributed by atoms with Crippen molar-refractivity contribution in [3.05, 3.63) is 63.6 Å². The lowest BCUT2D eigenvalue weighted by atomic mass is 10.0. The Labute approximate surface area is 133 Å². The van der Waals surface area contributed by atoms with E-state index in [4.69, 9.17) is 5.84 Å². The van der Waals surface area contributed by atoms with E-state index in [9.17, 15) is 0 Å². The van der Waals surface area contributed by atoms with Gasteiger partial charge in [-0.25, -0.2) is 0 Å². The van der Waals surface area contributed by atoms with Crippen LogP contribution in [-0.4, -0.2) is 5.75 Å². The molecule has 1 atom stereocenters. The highest BCUT2D eigenvalue weighted by molar-refractivity contribution is 9.10. The lowest BCUT2D eigenvalue weighted by molar-refractivity contribution is 0.610. The number of rotatable bonds is 5. The van der Waals surface area contributed by atoms with Crippen molar-refractivity contribution in [3.8, 4) is 0 Å². The first-order valence-electron chi connectivity index (χ1n) is 6.51. The van der Waals surface area contributed by atoms with Gasteiger partial charge in [0.25, 0.3) is 0 Å². The molecule has 1 unspecified atom stereocenters. The predicted molar refractivity (Wildman–Crippen MR) is 90.8 cm³/mol. The number of hydrazine groups is 1. The van der Waals surface area contributed by atoms with Gasteiger partial charge in [0.1, 0.15) is 0 Å². The van der Waals surface area contributed by atoms with E-state index in [1.807, 2.05) is 12.1 Å². The van der Waals surface area contributed by atoms with Gasteiger partial charge >= 0.3 is 0 Å². The van der Waals surface area contributed by atoms with Crippen LogP contribution in [0, 0.1) is 13.8 Å². The van der Waals surface area contributed by atoms with Crippen LogP contribution in [0.4, 0.5) is 0 Å². The summed E-state index contributed by atoms with van der Waals surface area (Å²) >= 11 is 5.30. The molecular weight excluding hydrogens is 332 g/mol. The van der Waals surface area contributed by atoms with Crippen molar-refractivity contribution in [2.45, 2.75) is 24.8 Å². The van der Waals surface area contributed by atoms with Gasteiger partial charge < -0.3 is 0 Å². The first-order chi connectivity index (χ1) is 9.58. The first kappa shape index (κ1) is 15.6. The van der Waals surface area contributed by atoms with Crippen molar-refractivity contribution < 1.29 is 0 Å². The van der Waals surface area contributed by atoms with Crippen LogP contribution < -0.4 is 11.3 Å². The molecule has 0 saturated carbocycles. The van der Waals surface area contributed by atoms with Crippen molar-refractivity contribution >= 4 is 27.7 Å². The van der Waals surface area contributed by atoms with Crippen molar-refractivity contribution in [1.82, 2.24) is 5.43 Å². The number of aryl methyl sites for hydroxylation is 2. The minimum absolute atomic E-state index is 0.151. The molecule has 2 aromatic carbocycles. The summed E-state index contributed by atoms with van der Waals surface area (Å²) in [4.78, 5) is 1.24. The zero-order valence-electron chi connectivity index (χ0n) is 11.7. The molecule has 0 bridgehead atoms. The van der Waals surface area contributed by atoms with Gasteiger partial charge in [0.15, 0.2) is 0 Å². The van der Waals surface area contributed by atoms with Crippen LogP contribution in [0.5, 0.6) is 0 Å². The van der Waals surface area contributed by atoms with Crippen LogP contribution in [-0.2, 0) is 0 Å². The second-order valence-corrected chi connectivity index (χ2v) is 6.92. The molecule has 0 radical (unpaired) electrons. The molecule has 20 heavy (non-hydrogen) atoms. The van der Waals surface area contributed by atoms with E-state index >= 15 is 0 Å². The van der Waals surface area contributed by atoms with Gasteiger partial charge in [0.05, 0.1) is 6.04 Å². The van der Waals surface area contributed by atoms with Crippen LogP contribution in [0.15, 0.2) is 51.8 Å². The summed E-state index contributed by atoms with van der Waals surface area (Å²) in [5.41, 5.74) is 6.71. The molecule has 4 heteroatoms. The molecule has 0 aliphatic heterocycles. The topological polar surface area (TPSA) is 38.0 Å². The molecule has 0 aliphatic rings. The molecule has 3 N–H and O–H groups in total. The quantitative estimate of drug-likeness (QED) is 0.477. The minimum atomic E-state index is 0.151. The molecule has 0 aliphatic carbocycles. The van der Waals surface area contributed by atoms with Gasteiger partial charge in [-0.3, -0.25) is 11.3 Å². The van der Waals surface area contributed by atoms with E-state index in [2.05, 4.69) is 65.5 Å². The molecule has 0 saturated heterocycles. The van der Waals surface area contributed by atoms with Crippen molar-refractivity contribution in [3.63, 3.8) is 0 Å². The van der Waals surface area contributed by atoms with E-state index < -0.39 is 0 Å². The zero-order chi connectivity index (χ0) is 14.5. The van der Waals surface area contributed by atoms with Gasteiger partial charge in [-0.1, -0.05) is 51.3 Å². The minimum Gasteiger partial charge on any atom is -0.271 e. The molecule has 2 nitrogen and oxygen atoms in total. The molecule has 2 aromatic rings. The van der Waals surface area contributed by atoms with Crippen LogP contribution >= 0.6 is 27.7 Å². The normalized spacial score (nSPS) is 12.4. The summed E-state index contributed by atoms with van der Waals surface area (Å²) in [5.74, 6) is 6.63. The van der Waals surface area contributed by atoms with Crippen LogP contribution in [0.25, 0.3) is 0 Å². The molecule has 0 heterocycles. The molecular formula is C16H19BrN2S. The van der Waals surface area contributed by atoms with Crippen molar-refractivity contribution in [1.29, 1.82) is 0 Å². The molecule has 0 fully saturated rings. The van der Waals surface area contributed by atoms with Gasteiger partial charge in [0.2, 0.25) is 0 Å². The van der Waals surface area contributed by atoms with Crippen LogP contribution in [0.3, 0.4) is 0 Å². The fraction of sp³-hybridized carbons (Fsp3) is 0.250. The number of hydrogen-bond acceptors (Lipinski definition) is 3. The highest BCUT2D eigenvalue weighted by Gasteiger charge is 2.11. The number of halogens is 1. The number of nitrogens with two attached hydrogens (primary N) is 1. The lowest BCUT2D eigenvalue weighted by Gasteiger charge is -2.17. The standard InChI is InChI=1S/C16H19BrN2S/c1-11-6-12(2)8-13(7-11)16(19-18)10-20-15-5-3-4-14(17)9-15/h3-9,16,19H,10,18H2,1-2H3. The smallest absolute Gasteiger partial charge is 0.0554 e. The zero-order valence-corrected chi connectivity index (χ0v) is 14.1. The van der Waals surface area contributed by atoms with E-state index in [0.717, 1.165) is 10.2 Å². The summed E-state index contributed by atoms with van der Waals surface area (Å²) in [6.07, 6.45) is 0. The molecule has 0 aromatic heterocycles. The molecule has 0 amide bonds. The average Bonchev–Trinajstić information content (AvgIpc) is 2.38.